The number of benzene rings is 3. The van der Waals surface area contributed by atoms with Gasteiger partial charge in [0.25, 0.3) is 10.0 Å². The molecule has 7 heteroatoms. The predicted molar refractivity (Wildman–Crippen MR) is 144 cm³/mol. The predicted octanol–water partition coefficient (Wildman–Crippen LogP) is 6.13. The quantitative estimate of drug-likeness (QED) is 0.297. The van der Waals surface area contributed by atoms with E-state index in [0.717, 1.165) is 39.3 Å². The molecule has 1 heterocycles. The summed E-state index contributed by atoms with van der Waals surface area (Å²) in [5.74, 6) is 0.177. The Morgan fingerprint density at radius 1 is 0.919 bits per heavy atom. The molecule has 190 valence electrons. The summed E-state index contributed by atoms with van der Waals surface area (Å²) in [6, 6.07) is 26.2. The average Bonchev–Trinajstić information content (AvgIpc) is 3.37. The number of ether oxygens (including phenoxy) is 1. The molecule has 5 rings (SSSR count). The molecular formula is C30H30N2O4S. The van der Waals surface area contributed by atoms with Crippen LogP contribution in [0.5, 0.6) is 5.75 Å². The van der Waals surface area contributed by atoms with Crippen molar-refractivity contribution in [1.29, 1.82) is 0 Å². The fourth-order valence-corrected chi connectivity index (χ4v) is 7.43. The van der Waals surface area contributed by atoms with Gasteiger partial charge in [-0.05, 0) is 61.2 Å². The molecule has 6 nitrogen and oxygen atoms in total. The molecule has 4 aromatic rings. The van der Waals surface area contributed by atoms with Crippen molar-refractivity contribution in [1.82, 2.24) is 9.29 Å². The molecule has 0 saturated heterocycles. The van der Waals surface area contributed by atoms with Gasteiger partial charge in [0.05, 0.1) is 21.6 Å². The highest BCUT2D eigenvalue weighted by molar-refractivity contribution is 7.89. The smallest absolute Gasteiger partial charge is 0.267 e. The van der Waals surface area contributed by atoms with Crippen LogP contribution in [0.1, 0.15) is 49.4 Å². The van der Waals surface area contributed by atoms with Crippen molar-refractivity contribution < 1.29 is 17.9 Å². The summed E-state index contributed by atoms with van der Waals surface area (Å²) in [7, 11) is -4.05. The molecule has 1 saturated carbocycles. The van der Waals surface area contributed by atoms with E-state index in [-0.39, 0.29) is 4.90 Å². The lowest BCUT2D eigenvalue weighted by molar-refractivity contribution is -0.128. The molecule has 0 atom stereocenters. The maximum absolute atomic E-state index is 13.9. The van der Waals surface area contributed by atoms with Gasteiger partial charge >= 0.3 is 0 Å². The minimum atomic E-state index is -4.05. The Balaban J connectivity index is 1.43. The Hall–Kier alpha value is -3.71. The first-order valence-corrected chi connectivity index (χ1v) is 13.9. The van der Waals surface area contributed by atoms with Crippen LogP contribution in [0, 0.1) is 6.92 Å². The van der Waals surface area contributed by atoms with Gasteiger partial charge < -0.3 is 4.74 Å². The van der Waals surface area contributed by atoms with E-state index in [1.54, 1.807) is 31.2 Å². The van der Waals surface area contributed by atoms with E-state index < -0.39 is 21.5 Å². The Bertz CT molecular complexity index is 1540. The van der Waals surface area contributed by atoms with Gasteiger partial charge in [0.2, 0.25) is 5.91 Å². The number of nitrogens with zero attached hydrogens (tertiary/aromatic N) is 2. The van der Waals surface area contributed by atoms with Gasteiger partial charge in [0.15, 0.2) is 0 Å². The Morgan fingerprint density at radius 3 is 2.30 bits per heavy atom. The first-order valence-electron chi connectivity index (χ1n) is 12.5. The normalized spacial score (nSPS) is 15.0. The Labute approximate surface area is 218 Å². The van der Waals surface area contributed by atoms with Gasteiger partial charge in [-0.2, -0.15) is 0 Å². The molecule has 1 aliphatic carbocycles. The number of aromatic nitrogens is 1. The number of fused-ring (bicyclic) bond motifs is 1. The number of rotatable bonds is 7. The van der Waals surface area contributed by atoms with Crippen LogP contribution in [0.4, 0.5) is 0 Å². The molecule has 3 aromatic carbocycles. The minimum absolute atomic E-state index is 0.166. The lowest BCUT2D eigenvalue weighted by Gasteiger charge is -2.40. The highest BCUT2D eigenvalue weighted by Gasteiger charge is 2.49. The number of hydrogen-bond acceptors (Lipinski definition) is 5. The van der Waals surface area contributed by atoms with Crippen molar-refractivity contribution in [3.05, 3.63) is 102 Å². The fourth-order valence-electron chi connectivity index (χ4n) is 5.42. The van der Waals surface area contributed by atoms with Gasteiger partial charge in [-0.1, -0.05) is 67.4 Å². The van der Waals surface area contributed by atoms with Crippen LogP contribution in [0.15, 0.2) is 89.8 Å². The molecule has 0 aliphatic heterocycles. The third-order valence-electron chi connectivity index (χ3n) is 7.15. The van der Waals surface area contributed by atoms with Crippen LogP contribution in [0.25, 0.3) is 10.9 Å². The van der Waals surface area contributed by atoms with Crippen molar-refractivity contribution in [2.75, 3.05) is 0 Å². The number of pyridine rings is 1. The molecule has 37 heavy (non-hydrogen) atoms. The standard InChI is InChI=1S/C30H30N2O4S/c1-22-9-3-6-12-29(22)37(34,35)32(23(2)33)30(19-7-8-20-30)25-14-17-27(18-15-25)36-21-26-16-13-24-10-4-5-11-28(24)31-26/h3-6,9-18H,7-8,19-21H2,1-2H3. The van der Waals surface area contributed by atoms with Crippen LogP contribution in [0.3, 0.4) is 0 Å². The third kappa shape index (κ3) is 4.71. The van der Waals surface area contributed by atoms with Crippen LogP contribution in [-0.4, -0.2) is 23.6 Å². The second-order valence-electron chi connectivity index (χ2n) is 9.60. The monoisotopic (exact) mass is 514 g/mol. The van der Waals surface area contributed by atoms with Gasteiger partial charge in [-0.15, -0.1) is 0 Å². The van der Waals surface area contributed by atoms with E-state index in [9.17, 15) is 13.2 Å². The van der Waals surface area contributed by atoms with Gasteiger partial charge in [-0.25, -0.2) is 17.7 Å². The zero-order valence-electron chi connectivity index (χ0n) is 21.1. The first-order chi connectivity index (χ1) is 17.8. The van der Waals surface area contributed by atoms with E-state index >= 15 is 0 Å². The molecule has 1 fully saturated rings. The van der Waals surface area contributed by atoms with Crippen LogP contribution >= 0.6 is 0 Å². The van der Waals surface area contributed by atoms with Crippen molar-refractivity contribution in [3.8, 4) is 5.75 Å². The van der Waals surface area contributed by atoms with Gasteiger partial charge in [-0.3, -0.25) is 4.79 Å². The second kappa shape index (κ2) is 9.98. The third-order valence-corrected chi connectivity index (χ3v) is 9.25. The van der Waals surface area contributed by atoms with Crippen molar-refractivity contribution >= 4 is 26.8 Å². The van der Waals surface area contributed by atoms with E-state index in [4.69, 9.17) is 4.74 Å². The van der Waals surface area contributed by atoms with Crippen molar-refractivity contribution in [3.63, 3.8) is 0 Å². The maximum atomic E-state index is 13.9. The summed E-state index contributed by atoms with van der Waals surface area (Å²) in [5.41, 5.74) is 2.23. The van der Waals surface area contributed by atoms with E-state index in [2.05, 4.69) is 4.98 Å². The summed E-state index contributed by atoms with van der Waals surface area (Å²) >= 11 is 0. The van der Waals surface area contributed by atoms with Crippen molar-refractivity contribution in [2.24, 2.45) is 0 Å². The first kappa shape index (κ1) is 25.0. The number of para-hydroxylation sites is 1. The topological polar surface area (TPSA) is 76.6 Å². The Morgan fingerprint density at radius 2 is 1.59 bits per heavy atom. The Kier molecular flexibility index (Phi) is 6.73. The average molecular weight is 515 g/mol. The zero-order valence-corrected chi connectivity index (χ0v) is 21.9. The highest BCUT2D eigenvalue weighted by atomic mass is 32.2. The summed E-state index contributed by atoms with van der Waals surface area (Å²) in [6.45, 7) is 3.41. The van der Waals surface area contributed by atoms with E-state index in [1.807, 2.05) is 60.7 Å². The summed E-state index contributed by atoms with van der Waals surface area (Å²) in [6.07, 6.45) is 2.86. The molecule has 0 bridgehead atoms. The lowest BCUT2D eigenvalue weighted by Crippen LogP contribution is -2.50. The zero-order chi connectivity index (χ0) is 26.0. The summed E-state index contributed by atoms with van der Waals surface area (Å²) in [5, 5.41) is 1.08. The summed E-state index contributed by atoms with van der Waals surface area (Å²) in [4.78, 5) is 17.8. The van der Waals surface area contributed by atoms with Gasteiger partial charge in [0.1, 0.15) is 12.4 Å². The highest BCUT2D eigenvalue weighted by Crippen LogP contribution is 2.47. The van der Waals surface area contributed by atoms with E-state index in [1.165, 1.54) is 6.92 Å². The van der Waals surface area contributed by atoms with Crippen LogP contribution in [0.2, 0.25) is 0 Å². The second-order valence-corrected chi connectivity index (χ2v) is 11.4. The van der Waals surface area contributed by atoms with Crippen LogP contribution in [-0.2, 0) is 27.0 Å². The number of aryl methyl sites for hydroxylation is 1. The summed E-state index contributed by atoms with van der Waals surface area (Å²) < 4.78 is 34.8. The number of amides is 1. The van der Waals surface area contributed by atoms with Gasteiger partial charge in [0, 0.05) is 12.3 Å². The SMILES string of the molecule is CC(=O)N(C1(c2ccc(OCc3ccc4ccccc4n3)cc2)CCCC1)S(=O)(=O)c1ccccc1C. The molecule has 0 radical (unpaired) electrons. The molecule has 1 amide bonds. The largest absolute Gasteiger partial charge is 0.487 e. The number of carbonyl (C=O) groups excluding carboxylic acids is 1. The number of carbonyl (C=O) groups is 1. The number of hydrogen-bond donors (Lipinski definition) is 0. The van der Waals surface area contributed by atoms with E-state index in [0.29, 0.717) is 30.8 Å². The molecule has 0 spiro atoms. The number of sulfonamides is 1. The maximum Gasteiger partial charge on any atom is 0.267 e. The molecule has 0 unspecified atom stereocenters. The fraction of sp³-hybridized carbons (Fsp3) is 0.267. The lowest BCUT2D eigenvalue weighted by atomic mass is 9.88. The minimum Gasteiger partial charge on any atom is -0.487 e. The molecule has 0 N–H and O–H groups in total. The van der Waals surface area contributed by atoms with Crippen molar-refractivity contribution in [2.45, 2.75) is 56.6 Å². The molecule has 1 aliphatic rings. The molecular weight excluding hydrogens is 484 g/mol. The van der Waals surface area contributed by atoms with Crippen LogP contribution < -0.4 is 4.74 Å². The molecule has 1 aromatic heterocycles.